The second kappa shape index (κ2) is 6.09. The van der Waals surface area contributed by atoms with Gasteiger partial charge in [-0.15, -0.1) is 0 Å². The predicted molar refractivity (Wildman–Crippen MR) is 62.5 cm³/mol. The first-order chi connectivity index (χ1) is 7.95. The second-order valence-electron chi connectivity index (χ2n) is 3.71. The lowest BCUT2D eigenvalue weighted by atomic mass is 10.2. The molecule has 17 heavy (non-hydrogen) atoms. The maximum atomic E-state index is 12.9. The number of nitrogens with one attached hydrogen (secondary N) is 1. The van der Waals surface area contributed by atoms with Crippen LogP contribution in [0.5, 0.6) is 0 Å². The van der Waals surface area contributed by atoms with Gasteiger partial charge in [-0.05, 0) is 31.0 Å². The molecule has 0 aromatic heterocycles. The molecule has 0 saturated carbocycles. The number of sulfonamides is 1. The molecule has 1 aromatic carbocycles. The van der Waals surface area contributed by atoms with Gasteiger partial charge in [-0.2, -0.15) is 0 Å². The van der Waals surface area contributed by atoms with Crippen molar-refractivity contribution in [2.24, 2.45) is 0 Å². The lowest BCUT2D eigenvalue weighted by Crippen LogP contribution is -2.27. The summed E-state index contributed by atoms with van der Waals surface area (Å²) in [4.78, 5) is -0.108. The van der Waals surface area contributed by atoms with Crippen molar-refractivity contribution in [3.63, 3.8) is 0 Å². The molecule has 1 unspecified atom stereocenters. The molecule has 0 saturated heterocycles. The molecular formula is C11H16FNO3S. The van der Waals surface area contributed by atoms with E-state index in [-0.39, 0.29) is 11.4 Å². The van der Waals surface area contributed by atoms with Gasteiger partial charge in [0, 0.05) is 6.54 Å². The number of aliphatic hydroxyl groups is 1. The van der Waals surface area contributed by atoms with Gasteiger partial charge in [-0.25, -0.2) is 17.5 Å². The molecule has 0 aliphatic heterocycles. The molecule has 6 heteroatoms. The van der Waals surface area contributed by atoms with Crippen LogP contribution in [0.3, 0.4) is 0 Å². The summed E-state index contributed by atoms with van der Waals surface area (Å²) >= 11 is 0. The van der Waals surface area contributed by atoms with E-state index in [1.807, 2.05) is 6.92 Å². The smallest absolute Gasteiger partial charge is 0.240 e. The molecule has 1 rings (SSSR count). The summed E-state index contributed by atoms with van der Waals surface area (Å²) in [6.07, 6.45) is 0.387. The van der Waals surface area contributed by atoms with Gasteiger partial charge in [0.2, 0.25) is 10.0 Å². The normalized spacial score (nSPS) is 13.6. The number of rotatable bonds is 6. The maximum absolute atomic E-state index is 12.9. The summed E-state index contributed by atoms with van der Waals surface area (Å²) in [5.74, 6) is -0.596. The van der Waals surface area contributed by atoms with Crippen LogP contribution in [0.4, 0.5) is 4.39 Å². The van der Waals surface area contributed by atoms with E-state index in [1.54, 1.807) is 0 Å². The lowest BCUT2D eigenvalue weighted by Gasteiger charge is -2.09. The van der Waals surface area contributed by atoms with Crippen LogP contribution in [0.2, 0.25) is 0 Å². The quantitative estimate of drug-likeness (QED) is 0.810. The Morgan fingerprint density at radius 1 is 1.47 bits per heavy atom. The minimum absolute atomic E-state index is 0.108. The van der Waals surface area contributed by atoms with E-state index in [2.05, 4.69) is 4.72 Å². The Kier molecular flexibility index (Phi) is 5.04. The van der Waals surface area contributed by atoms with Gasteiger partial charge < -0.3 is 5.11 Å². The maximum Gasteiger partial charge on any atom is 0.240 e. The van der Waals surface area contributed by atoms with E-state index in [9.17, 15) is 17.9 Å². The van der Waals surface area contributed by atoms with Crippen molar-refractivity contribution in [1.29, 1.82) is 0 Å². The second-order valence-corrected chi connectivity index (χ2v) is 5.47. The minimum atomic E-state index is -3.69. The highest BCUT2D eigenvalue weighted by Crippen LogP contribution is 2.10. The van der Waals surface area contributed by atoms with Gasteiger partial charge >= 0.3 is 0 Å². The van der Waals surface area contributed by atoms with Gasteiger partial charge in [-0.1, -0.05) is 13.0 Å². The van der Waals surface area contributed by atoms with Crippen LogP contribution in [0, 0.1) is 5.82 Å². The lowest BCUT2D eigenvalue weighted by molar-refractivity contribution is 0.162. The summed E-state index contributed by atoms with van der Waals surface area (Å²) in [7, 11) is -3.69. The van der Waals surface area contributed by atoms with Crippen molar-refractivity contribution < 1.29 is 17.9 Å². The molecule has 2 N–H and O–H groups in total. The largest absolute Gasteiger partial charge is 0.393 e. The Balaban J connectivity index is 2.63. The van der Waals surface area contributed by atoms with Crippen molar-refractivity contribution in [2.45, 2.75) is 30.8 Å². The van der Waals surface area contributed by atoms with Gasteiger partial charge in [0.05, 0.1) is 11.0 Å². The number of aliphatic hydroxyl groups excluding tert-OH is 1. The highest BCUT2D eigenvalue weighted by Gasteiger charge is 2.14. The van der Waals surface area contributed by atoms with E-state index in [0.717, 1.165) is 6.07 Å². The third kappa shape index (κ3) is 4.41. The molecule has 0 amide bonds. The Morgan fingerprint density at radius 2 is 2.18 bits per heavy atom. The molecular weight excluding hydrogens is 245 g/mol. The SMILES string of the molecule is CCC(O)CCNS(=O)(=O)c1cccc(F)c1. The highest BCUT2D eigenvalue weighted by molar-refractivity contribution is 7.89. The Morgan fingerprint density at radius 3 is 2.76 bits per heavy atom. The van der Waals surface area contributed by atoms with Gasteiger partial charge in [-0.3, -0.25) is 0 Å². The molecule has 0 fully saturated rings. The van der Waals surface area contributed by atoms with E-state index >= 15 is 0 Å². The molecule has 0 heterocycles. The minimum Gasteiger partial charge on any atom is -0.393 e. The monoisotopic (exact) mass is 261 g/mol. The van der Waals surface area contributed by atoms with Crippen molar-refractivity contribution in [3.05, 3.63) is 30.1 Å². The Labute approximate surface area is 101 Å². The van der Waals surface area contributed by atoms with Gasteiger partial charge in [0.1, 0.15) is 5.82 Å². The topological polar surface area (TPSA) is 66.4 Å². The molecule has 0 aliphatic rings. The van der Waals surface area contributed by atoms with Gasteiger partial charge in [0.25, 0.3) is 0 Å². The summed E-state index contributed by atoms with van der Waals surface area (Å²) < 4.78 is 38.6. The first-order valence-corrected chi connectivity index (χ1v) is 6.87. The molecule has 96 valence electrons. The van der Waals surface area contributed by atoms with E-state index in [1.165, 1.54) is 18.2 Å². The number of hydrogen-bond acceptors (Lipinski definition) is 3. The van der Waals surface area contributed by atoms with Gasteiger partial charge in [0.15, 0.2) is 0 Å². The van der Waals surface area contributed by atoms with E-state index in [0.29, 0.717) is 12.8 Å². The zero-order chi connectivity index (χ0) is 12.9. The fourth-order valence-electron chi connectivity index (χ4n) is 1.28. The zero-order valence-corrected chi connectivity index (χ0v) is 10.4. The predicted octanol–water partition coefficient (Wildman–Crippen LogP) is 1.26. The summed E-state index contributed by atoms with van der Waals surface area (Å²) in [5, 5.41) is 9.27. The molecule has 0 spiro atoms. The fraction of sp³-hybridized carbons (Fsp3) is 0.455. The highest BCUT2D eigenvalue weighted by atomic mass is 32.2. The average Bonchev–Trinajstić information content (AvgIpc) is 2.28. The van der Waals surface area contributed by atoms with Crippen LogP contribution in [-0.2, 0) is 10.0 Å². The molecule has 0 bridgehead atoms. The molecule has 4 nitrogen and oxygen atoms in total. The molecule has 0 aliphatic carbocycles. The first kappa shape index (κ1) is 14.1. The standard InChI is InChI=1S/C11H16FNO3S/c1-2-10(14)6-7-13-17(15,16)11-5-3-4-9(12)8-11/h3-5,8,10,13-14H,2,6-7H2,1H3. The number of benzene rings is 1. The van der Waals surface area contributed by atoms with Crippen LogP contribution in [0.1, 0.15) is 19.8 Å². The van der Waals surface area contributed by atoms with Crippen molar-refractivity contribution in [1.82, 2.24) is 4.72 Å². The summed E-state index contributed by atoms with van der Waals surface area (Å²) in [6, 6.07) is 4.80. The van der Waals surface area contributed by atoms with Crippen LogP contribution in [0.15, 0.2) is 29.2 Å². The van der Waals surface area contributed by atoms with Crippen LogP contribution in [-0.4, -0.2) is 26.2 Å². The number of hydrogen-bond donors (Lipinski definition) is 2. The average molecular weight is 261 g/mol. The third-order valence-electron chi connectivity index (χ3n) is 2.35. The van der Waals surface area contributed by atoms with Crippen molar-refractivity contribution in [3.8, 4) is 0 Å². The van der Waals surface area contributed by atoms with Crippen molar-refractivity contribution in [2.75, 3.05) is 6.54 Å². The fourth-order valence-corrected chi connectivity index (χ4v) is 2.36. The third-order valence-corrected chi connectivity index (χ3v) is 3.81. The Hall–Kier alpha value is -0.980. The van der Waals surface area contributed by atoms with Crippen LogP contribution >= 0.6 is 0 Å². The number of halogens is 1. The molecule has 0 radical (unpaired) electrons. The van der Waals surface area contributed by atoms with Crippen molar-refractivity contribution >= 4 is 10.0 Å². The Bertz CT molecular complexity index is 462. The zero-order valence-electron chi connectivity index (χ0n) is 9.56. The van der Waals surface area contributed by atoms with Crippen LogP contribution < -0.4 is 4.72 Å². The molecule has 1 atom stereocenters. The van der Waals surface area contributed by atoms with E-state index < -0.39 is 21.9 Å². The van der Waals surface area contributed by atoms with E-state index in [4.69, 9.17) is 0 Å². The molecule has 1 aromatic rings. The first-order valence-electron chi connectivity index (χ1n) is 5.39. The summed E-state index contributed by atoms with van der Waals surface area (Å²) in [6.45, 7) is 1.94. The summed E-state index contributed by atoms with van der Waals surface area (Å²) in [5.41, 5.74) is 0. The van der Waals surface area contributed by atoms with Crippen LogP contribution in [0.25, 0.3) is 0 Å².